The van der Waals surface area contributed by atoms with Crippen molar-refractivity contribution in [1.29, 1.82) is 0 Å². The van der Waals surface area contributed by atoms with Crippen LogP contribution in [0.5, 0.6) is 0 Å². The molecule has 1 aromatic carbocycles. The van der Waals surface area contributed by atoms with E-state index in [1.165, 1.54) is 0 Å². The van der Waals surface area contributed by atoms with Gasteiger partial charge in [0.1, 0.15) is 0 Å². The monoisotopic (exact) mass is 345 g/mol. The first-order chi connectivity index (χ1) is 10.4. The lowest BCUT2D eigenvalue weighted by molar-refractivity contribution is -0.00863. The third-order valence-electron chi connectivity index (χ3n) is 3.73. The van der Waals surface area contributed by atoms with E-state index in [1.54, 1.807) is 18.2 Å². The van der Waals surface area contributed by atoms with Gasteiger partial charge in [-0.1, -0.05) is 23.2 Å². The maximum absolute atomic E-state index is 12.0. The Morgan fingerprint density at radius 2 is 1.95 bits per heavy atom. The number of benzene rings is 1. The smallest absolute Gasteiger partial charge is 0.319 e. The van der Waals surface area contributed by atoms with Crippen molar-refractivity contribution in [3.8, 4) is 0 Å². The van der Waals surface area contributed by atoms with Crippen LogP contribution in [-0.2, 0) is 4.74 Å². The SMILES string of the molecule is CC(C)(CNC(=O)Nc1ccc(Cl)c(Cl)c1)N1CCOCC1. The molecule has 0 aliphatic carbocycles. The molecule has 5 nitrogen and oxygen atoms in total. The van der Waals surface area contributed by atoms with Crippen LogP contribution in [0.4, 0.5) is 10.5 Å². The number of anilines is 1. The van der Waals surface area contributed by atoms with Crippen molar-refractivity contribution >= 4 is 34.9 Å². The van der Waals surface area contributed by atoms with Crippen molar-refractivity contribution in [2.75, 3.05) is 38.2 Å². The fourth-order valence-electron chi connectivity index (χ4n) is 2.33. The summed E-state index contributed by atoms with van der Waals surface area (Å²) in [6, 6.07) is 4.72. The number of carbonyl (C=O) groups is 1. The predicted octanol–water partition coefficient (Wildman–Crippen LogP) is 3.23. The molecular formula is C15H21Cl2N3O2. The highest BCUT2D eigenvalue weighted by Crippen LogP contribution is 2.25. The zero-order chi connectivity index (χ0) is 16.2. The van der Waals surface area contributed by atoms with Gasteiger partial charge in [0, 0.05) is 30.9 Å². The van der Waals surface area contributed by atoms with Crippen LogP contribution in [0.2, 0.25) is 10.0 Å². The van der Waals surface area contributed by atoms with Gasteiger partial charge in [0.2, 0.25) is 0 Å². The Balaban J connectivity index is 1.84. The first-order valence-electron chi connectivity index (χ1n) is 7.21. The van der Waals surface area contributed by atoms with Crippen LogP contribution in [0, 0.1) is 0 Å². The van der Waals surface area contributed by atoms with E-state index < -0.39 is 0 Å². The van der Waals surface area contributed by atoms with Crippen molar-refractivity contribution in [1.82, 2.24) is 10.2 Å². The molecule has 122 valence electrons. The van der Waals surface area contributed by atoms with Gasteiger partial charge in [0.05, 0.1) is 23.3 Å². The van der Waals surface area contributed by atoms with E-state index in [4.69, 9.17) is 27.9 Å². The minimum atomic E-state index is -0.264. The number of rotatable bonds is 4. The minimum absolute atomic E-state index is 0.126. The first-order valence-corrected chi connectivity index (χ1v) is 7.97. The average molecular weight is 346 g/mol. The van der Waals surface area contributed by atoms with Crippen molar-refractivity contribution in [3.63, 3.8) is 0 Å². The summed E-state index contributed by atoms with van der Waals surface area (Å²) in [4.78, 5) is 14.3. The van der Waals surface area contributed by atoms with Crippen molar-refractivity contribution < 1.29 is 9.53 Å². The van der Waals surface area contributed by atoms with Crippen LogP contribution in [0.15, 0.2) is 18.2 Å². The Bertz CT molecular complexity index is 532. The number of carbonyl (C=O) groups excluding carboxylic acids is 1. The van der Waals surface area contributed by atoms with E-state index in [2.05, 4.69) is 29.4 Å². The van der Waals surface area contributed by atoms with E-state index in [-0.39, 0.29) is 11.6 Å². The minimum Gasteiger partial charge on any atom is -0.379 e. The van der Waals surface area contributed by atoms with Crippen LogP contribution >= 0.6 is 23.2 Å². The number of ether oxygens (including phenoxy) is 1. The second-order valence-electron chi connectivity index (χ2n) is 5.85. The molecule has 0 saturated carbocycles. The fraction of sp³-hybridized carbons (Fsp3) is 0.533. The van der Waals surface area contributed by atoms with Crippen molar-refractivity contribution in [3.05, 3.63) is 28.2 Å². The predicted molar refractivity (Wildman–Crippen MR) is 90.0 cm³/mol. The molecule has 1 aliphatic heterocycles. The van der Waals surface area contributed by atoms with Gasteiger partial charge in [0.25, 0.3) is 0 Å². The van der Waals surface area contributed by atoms with Gasteiger partial charge < -0.3 is 15.4 Å². The number of hydrogen-bond donors (Lipinski definition) is 2. The van der Waals surface area contributed by atoms with E-state index in [9.17, 15) is 4.79 Å². The molecule has 7 heteroatoms. The van der Waals surface area contributed by atoms with Crippen LogP contribution in [0.3, 0.4) is 0 Å². The van der Waals surface area contributed by atoms with E-state index in [0.29, 0.717) is 22.3 Å². The molecule has 2 rings (SSSR count). The summed E-state index contributed by atoms with van der Waals surface area (Å²) >= 11 is 11.8. The number of urea groups is 1. The lowest BCUT2D eigenvalue weighted by Gasteiger charge is -2.40. The Kier molecular flexibility index (Phi) is 5.92. The van der Waals surface area contributed by atoms with Gasteiger partial charge in [0.15, 0.2) is 0 Å². The van der Waals surface area contributed by atoms with Gasteiger partial charge in [-0.2, -0.15) is 0 Å². The number of hydrogen-bond acceptors (Lipinski definition) is 3. The summed E-state index contributed by atoms with van der Waals surface area (Å²) < 4.78 is 5.36. The molecule has 1 saturated heterocycles. The highest BCUT2D eigenvalue weighted by atomic mass is 35.5. The highest BCUT2D eigenvalue weighted by Gasteiger charge is 2.28. The van der Waals surface area contributed by atoms with Gasteiger partial charge in [-0.15, -0.1) is 0 Å². The highest BCUT2D eigenvalue weighted by molar-refractivity contribution is 6.42. The van der Waals surface area contributed by atoms with E-state index in [0.717, 1.165) is 26.3 Å². The molecule has 1 fully saturated rings. The second kappa shape index (κ2) is 7.51. The summed E-state index contributed by atoms with van der Waals surface area (Å²) in [6.45, 7) is 7.99. The van der Waals surface area contributed by atoms with Gasteiger partial charge in [-0.25, -0.2) is 4.79 Å². The molecule has 0 atom stereocenters. The first kappa shape index (κ1) is 17.3. The Hall–Kier alpha value is -1.01. The van der Waals surface area contributed by atoms with E-state index in [1.807, 2.05) is 0 Å². The average Bonchev–Trinajstić information content (AvgIpc) is 2.50. The Labute approximate surface area is 140 Å². The lowest BCUT2D eigenvalue weighted by Crippen LogP contribution is -2.55. The van der Waals surface area contributed by atoms with Crippen LogP contribution in [0.1, 0.15) is 13.8 Å². The summed E-state index contributed by atoms with van der Waals surface area (Å²) in [6.07, 6.45) is 0. The Morgan fingerprint density at radius 3 is 2.59 bits per heavy atom. The molecular weight excluding hydrogens is 325 g/mol. The van der Waals surface area contributed by atoms with Gasteiger partial charge in [-0.05, 0) is 32.0 Å². The number of morpholine rings is 1. The molecule has 1 aliphatic rings. The van der Waals surface area contributed by atoms with Crippen LogP contribution in [0.25, 0.3) is 0 Å². The number of nitrogens with one attached hydrogen (secondary N) is 2. The number of nitrogens with zero attached hydrogens (tertiary/aromatic N) is 1. The third kappa shape index (κ3) is 4.74. The van der Waals surface area contributed by atoms with Gasteiger partial charge >= 0.3 is 6.03 Å². The summed E-state index contributed by atoms with van der Waals surface area (Å²) in [5.41, 5.74) is 0.481. The van der Waals surface area contributed by atoms with Crippen LogP contribution < -0.4 is 10.6 Å². The second-order valence-corrected chi connectivity index (χ2v) is 6.66. The normalized spacial score (nSPS) is 16.4. The molecule has 0 spiro atoms. The van der Waals surface area contributed by atoms with Crippen molar-refractivity contribution in [2.24, 2.45) is 0 Å². The molecule has 2 N–H and O–H groups in total. The zero-order valence-corrected chi connectivity index (χ0v) is 14.3. The molecule has 0 bridgehead atoms. The molecule has 0 unspecified atom stereocenters. The molecule has 0 aromatic heterocycles. The maximum Gasteiger partial charge on any atom is 0.319 e. The molecule has 1 aromatic rings. The van der Waals surface area contributed by atoms with E-state index >= 15 is 0 Å². The molecule has 22 heavy (non-hydrogen) atoms. The molecule has 0 radical (unpaired) electrons. The van der Waals surface area contributed by atoms with Crippen LogP contribution in [-0.4, -0.2) is 49.3 Å². The summed E-state index contributed by atoms with van der Waals surface area (Å²) in [5.74, 6) is 0. The largest absolute Gasteiger partial charge is 0.379 e. The van der Waals surface area contributed by atoms with Gasteiger partial charge in [-0.3, -0.25) is 4.90 Å². The summed E-state index contributed by atoms with van der Waals surface area (Å²) in [7, 11) is 0. The standard InChI is InChI=1S/C15H21Cl2N3O2/c1-15(2,20-5-7-22-8-6-20)10-18-14(21)19-11-3-4-12(16)13(17)9-11/h3-4,9H,5-8,10H2,1-2H3,(H2,18,19,21). The zero-order valence-electron chi connectivity index (χ0n) is 12.8. The number of halogens is 2. The van der Waals surface area contributed by atoms with Crippen molar-refractivity contribution in [2.45, 2.75) is 19.4 Å². The quantitative estimate of drug-likeness (QED) is 0.880. The fourth-order valence-corrected chi connectivity index (χ4v) is 2.62. The Morgan fingerprint density at radius 1 is 1.27 bits per heavy atom. The third-order valence-corrected chi connectivity index (χ3v) is 4.47. The number of amides is 2. The molecule has 2 amide bonds. The molecule has 1 heterocycles. The maximum atomic E-state index is 12.0. The topological polar surface area (TPSA) is 53.6 Å². The lowest BCUT2D eigenvalue weighted by atomic mass is 10.0. The summed E-state index contributed by atoms with van der Waals surface area (Å²) in [5, 5.41) is 6.51.